The molecule has 1 fully saturated rings. The highest BCUT2D eigenvalue weighted by molar-refractivity contribution is 5.92. The van der Waals surface area contributed by atoms with Crippen LogP contribution in [0.4, 0.5) is 5.69 Å². The smallest absolute Gasteiger partial charge is 0.342 e. The molecule has 1 saturated carbocycles. The fourth-order valence-electron chi connectivity index (χ4n) is 2.83. The number of rotatable bonds is 5. The van der Waals surface area contributed by atoms with Crippen LogP contribution in [0.3, 0.4) is 0 Å². The highest BCUT2D eigenvalue weighted by atomic mass is 16.6. The molecule has 0 aliphatic heterocycles. The predicted octanol–water partition coefficient (Wildman–Crippen LogP) is 3.64. The van der Waals surface area contributed by atoms with Crippen LogP contribution >= 0.6 is 0 Å². The quantitative estimate of drug-likeness (QED) is 0.661. The molecule has 0 spiro atoms. The van der Waals surface area contributed by atoms with Gasteiger partial charge in [-0.05, 0) is 37.3 Å². The summed E-state index contributed by atoms with van der Waals surface area (Å²) in [5.41, 5.74) is -0.745. The summed E-state index contributed by atoms with van der Waals surface area (Å²) in [5.74, 6) is -0.303. The van der Waals surface area contributed by atoms with Gasteiger partial charge in [-0.1, -0.05) is 19.8 Å². The summed E-state index contributed by atoms with van der Waals surface area (Å²) in [6.07, 6.45) is 5.35. The van der Waals surface area contributed by atoms with Crippen LogP contribution in [-0.4, -0.2) is 22.1 Å². The van der Waals surface area contributed by atoms with Crippen molar-refractivity contribution in [2.45, 2.75) is 45.1 Å². The SMILES string of the molecule is CCC1CCCC(Oc2ccc(C(=O)O)c([N+](=O)[O-])c2)C1. The van der Waals surface area contributed by atoms with Gasteiger partial charge in [0.2, 0.25) is 0 Å². The summed E-state index contributed by atoms with van der Waals surface area (Å²) >= 11 is 0. The minimum Gasteiger partial charge on any atom is -0.490 e. The molecule has 2 atom stereocenters. The second-order valence-corrected chi connectivity index (χ2v) is 5.42. The Kier molecular flexibility index (Phi) is 4.77. The van der Waals surface area contributed by atoms with Crippen molar-refractivity contribution in [3.63, 3.8) is 0 Å². The van der Waals surface area contributed by atoms with Gasteiger partial charge in [-0.25, -0.2) is 4.79 Å². The Morgan fingerprint density at radius 2 is 2.24 bits per heavy atom. The van der Waals surface area contributed by atoms with Crippen molar-refractivity contribution >= 4 is 11.7 Å². The van der Waals surface area contributed by atoms with E-state index in [4.69, 9.17) is 9.84 Å². The van der Waals surface area contributed by atoms with Crippen LogP contribution in [0.1, 0.15) is 49.4 Å². The Morgan fingerprint density at radius 1 is 1.48 bits per heavy atom. The molecule has 0 radical (unpaired) electrons. The maximum atomic E-state index is 11.0. The van der Waals surface area contributed by atoms with E-state index in [0.29, 0.717) is 11.7 Å². The number of carbonyl (C=O) groups is 1. The molecule has 1 aromatic rings. The zero-order chi connectivity index (χ0) is 15.4. The van der Waals surface area contributed by atoms with Crippen molar-refractivity contribution in [3.8, 4) is 5.75 Å². The molecule has 0 aromatic heterocycles. The number of hydrogen-bond donors (Lipinski definition) is 1. The number of nitrogens with zero attached hydrogens (tertiary/aromatic N) is 1. The van der Waals surface area contributed by atoms with E-state index in [-0.39, 0.29) is 11.7 Å². The molecule has 0 amide bonds. The first-order valence-corrected chi connectivity index (χ1v) is 7.19. The summed E-state index contributed by atoms with van der Waals surface area (Å²) in [6, 6.07) is 3.93. The second-order valence-electron chi connectivity index (χ2n) is 5.42. The third-order valence-electron chi connectivity index (χ3n) is 4.01. The molecule has 6 nitrogen and oxygen atoms in total. The summed E-state index contributed by atoms with van der Waals surface area (Å²) < 4.78 is 5.82. The van der Waals surface area contributed by atoms with E-state index in [9.17, 15) is 14.9 Å². The zero-order valence-corrected chi connectivity index (χ0v) is 11.9. The number of benzene rings is 1. The lowest BCUT2D eigenvalue weighted by molar-refractivity contribution is -0.385. The average molecular weight is 293 g/mol. The number of nitro groups is 1. The molecule has 2 rings (SSSR count). The molecule has 0 heterocycles. The van der Waals surface area contributed by atoms with Crippen molar-refractivity contribution in [2.24, 2.45) is 5.92 Å². The lowest BCUT2D eigenvalue weighted by Gasteiger charge is -2.28. The zero-order valence-electron chi connectivity index (χ0n) is 11.9. The van der Waals surface area contributed by atoms with Crippen LogP contribution < -0.4 is 4.74 Å². The topological polar surface area (TPSA) is 89.7 Å². The van der Waals surface area contributed by atoms with E-state index >= 15 is 0 Å². The molecule has 1 aliphatic carbocycles. The van der Waals surface area contributed by atoms with Gasteiger partial charge in [0.1, 0.15) is 11.3 Å². The highest BCUT2D eigenvalue weighted by Gasteiger charge is 2.24. The van der Waals surface area contributed by atoms with Gasteiger partial charge in [-0.2, -0.15) is 0 Å². The number of aromatic carboxylic acids is 1. The van der Waals surface area contributed by atoms with E-state index in [1.807, 2.05) is 0 Å². The van der Waals surface area contributed by atoms with Gasteiger partial charge in [-0.3, -0.25) is 10.1 Å². The number of ether oxygens (including phenoxy) is 1. The molecule has 1 aromatic carbocycles. The highest BCUT2D eigenvalue weighted by Crippen LogP contribution is 2.31. The molecular weight excluding hydrogens is 274 g/mol. The van der Waals surface area contributed by atoms with Gasteiger partial charge >= 0.3 is 5.97 Å². The van der Waals surface area contributed by atoms with E-state index in [0.717, 1.165) is 25.7 Å². The number of nitro benzene ring substituents is 1. The number of hydrogen-bond acceptors (Lipinski definition) is 4. The maximum Gasteiger partial charge on any atom is 0.342 e. The fraction of sp³-hybridized carbons (Fsp3) is 0.533. The Bertz CT molecular complexity index is 543. The standard InChI is InChI=1S/C15H19NO5/c1-2-10-4-3-5-11(8-10)21-12-6-7-13(15(17)18)14(9-12)16(19)20/h6-7,9-11H,2-5,8H2,1H3,(H,17,18). The van der Waals surface area contributed by atoms with Crippen molar-refractivity contribution in [1.29, 1.82) is 0 Å². The third kappa shape index (κ3) is 3.71. The van der Waals surface area contributed by atoms with Crippen molar-refractivity contribution < 1.29 is 19.6 Å². The van der Waals surface area contributed by atoms with E-state index in [1.54, 1.807) is 0 Å². The van der Waals surface area contributed by atoms with E-state index < -0.39 is 16.6 Å². The van der Waals surface area contributed by atoms with Gasteiger partial charge in [0.05, 0.1) is 17.1 Å². The Hall–Kier alpha value is -2.11. The van der Waals surface area contributed by atoms with Crippen molar-refractivity contribution in [1.82, 2.24) is 0 Å². The molecule has 114 valence electrons. The van der Waals surface area contributed by atoms with Gasteiger partial charge < -0.3 is 9.84 Å². The van der Waals surface area contributed by atoms with E-state index in [2.05, 4.69) is 6.92 Å². The fourth-order valence-corrected chi connectivity index (χ4v) is 2.83. The lowest BCUT2D eigenvalue weighted by atomic mass is 9.85. The van der Waals surface area contributed by atoms with Crippen molar-refractivity contribution in [3.05, 3.63) is 33.9 Å². The van der Waals surface area contributed by atoms with Crippen molar-refractivity contribution in [2.75, 3.05) is 0 Å². The van der Waals surface area contributed by atoms with Crippen LogP contribution in [0.5, 0.6) is 5.75 Å². The summed E-state index contributed by atoms with van der Waals surface area (Å²) in [7, 11) is 0. The van der Waals surface area contributed by atoms with Gasteiger partial charge in [0, 0.05) is 0 Å². The van der Waals surface area contributed by atoms with Gasteiger partial charge in [0.15, 0.2) is 0 Å². The van der Waals surface area contributed by atoms with Gasteiger partial charge in [0.25, 0.3) is 5.69 Å². The number of carboxylic acid groups (broad SMARTS) is 1. The van der Waals surface area contributed by atoms with Crippen LogP contribution in [0, 0.1) is 16.0 Å². The first kappa shape index (κ1) is 15.3. The summed E-state index contributed by atoms with van der Waals surface area (Å²) in [4.78, 5) is 21.2. The Labute approximate surface area is 122 Å². The maximum absolute atomic E-state index is 11.0. The molecule has 2 unspecified atom stereocenters. The number of carboxylic acids is 1. The molecule has 1 N–H and O–H groups in total. The lowest BCUT2D eigenvalue weighted by Crippen LogP contribution is -2.25. The molecule has 1 aliphatic rings. The third-order valence-corrected chi connectivity index (χ3v) is 4.01. The molecular formula is C15H19NO5. The molecule has 6 heteroatoms. The minimum atomic E-state index is -1.31. The molecule has 21 heavy (non-hydrogen) atoms. The normalized spacial score (nSPS) is 21.8. The monoisotopic (exact) mass is 293 g/mol. The summed E-state index contributed by atoms with van der Waals surface area (Å²) in [6.45, 7) is 2.15. The van der Waals surface area contributed by atoms with Gasteiger partial charge in [-0.15, -0.1) is 0 Å². The van der Waals surface area contributed by atoms with E-state index in [1.165, 1.54) is 24.6 Å². The Morgan fingerprint density at radius 3 is 2.86 bits per heavy atom. The predicted molar refractivity (Wildman–Crippen MR) is 76.7 cm³/mol. The average Bonchev–Trinajstić information content (AvgIpc) is 2.47. The summed E-state index contributed by atoms with van der Waals surface area (Å²) in [5, 5.41) is 19.9. The first-order valence-electron chi connectivity index (χ1n) is 7.19. The van der Waals surface area contributed by atoms with Crippen LogP contribution in [0.2, 0.25) is 0 Å². The second kappa shape index (κ2) is 6.56. The van der Waals surface area contributed by atoms with Crippen LogP contribution in [0.25, 0.3) is 0 Å². The minimum absolute atomic E-state index is 0.0546. The Balaban J connectivity index is 2.15. The first-order chi connectivity index (χ1) is 10.0. The van der Waals surface area contributed by atoms with Crippen LogP contribution in [0.15, 0.2) is 18.2 Å². The molecule has 0 saturated heterocycles. The molecule has 0 bridgehead atoms. The largest absolute Gasteiger partial charge is 0.490 e. The van der Waals surface area contributed by atoms with Crippen LogP contribution in [-0.2, 0) is 0 Å².